The minimum atomic E-state index is -0.481. The van der Waals surface area contributed by atoms with Gasteiger partial charge in [0.1, 0.15) is 5.82 Å². The Bertz CT molecular complexity index is 896. The minimum absolute atomic E-state index is 0.0178. The van der Waals surface area contributed by atoms with E-state index in [2.05, 4.69) is 36.4 Å². The fourth-order valence-corrected chi connectivity index (χ4v) is 3.48. The standard InChI is InChI=1S/C20H22BrN5O4/c21-15-1-6-18(22-13-15)24-20(28)14-7-10-25(11-8-14)12-9-19(27)23-16-2-4-17(5-3-16)26(29)30/h1-6,13-14H,7-12H2,(H,23,27)(H,22,24,28). The molecule has 2 aromatic rings. The molecule has 0 aliphatic carbocycles. The number of rotatable bonds is 7. The third kappa shape index (κ3) is 6.33. The molecule has 158 valence electrons. The largest absolute Gasteiger partial charge is 0.326 e. The van der Waals surface area contributed by atoms with Gasteiger partial charge in [-0.15, -0.1) is 0 Å². The van der Waals surface area contributed by atoms with Gasteiger partial charge in [0.25, 0.3) is 5.69 Å². The quantitative estimate of drug-likeness (QED) is 0.467. The molecule has 0 radical (unpaired) electrons. The number of hydrogen-bond donors (Lipinski definition) is 2. The van der Waals surface area contributed by atoms with Crippen molar-refractivity contribution in [3.05, 3.63) is 57.2 Å². The maximum atomic E-state index is 12.4. The molecule has 1 saturated heterocycles. The molecule has 0 saturated carbocycles. The van der Waals surface area contributed by atoms with Crippen molar-refractivity contribution in [2.45, 2.75) is 19.3 Å². The van der Waals surface area contributed by atoms with Crippen molar-refractivity contribution in [1.82, 2.24) is 9.88 Å². The molecule has 2 N–H and O–H groups in total. The van der Waals surface area contributed by atoms with Crippen LogP contribution in [0.15, 0.2) is 47.1 Å². The highest BCUT2D eigenvalue weighted by Crippen LogP contribution is 2.20. The van der Waals surface area contributed by atoms with E-state index in [0.29, 0.717) is 24.5 Å². The summed E-state index contributed by atoms with van der Waals surface area (Å²) >= 11 is 3.31. The molecule has 9 nitrogen and oxygen atoms in total. The third-order valence-electron chi connectivity index (χ3n) is 4.95. The number of likely N-dealkylation sites (tertiary alicyclic amines) is 1. The van der Waals surface area contributed by atoms with E-state index in [1.807, 2.05) is 6.07 Å². The maximum Gasteiger partial charge on any atom is 0.269 e. The molecular formula is C20H22BrN5O4. The zero-order valence-corrected chi connectivity index (χ0v) is 17.8. The van der Waals surface area contributed by atoms with Crippen molar-refractivity contribution in [3.63, 3.8) is 0 Å². The smallest absolute Gasteiger partial charge is 0.269 e. The summed E-state index contributed by atoms with van der Waals surface area (Å²) in [6, 6.07) is 9.32. The molecule has 2 heterocycles. The zero-order chi connectivity index (χ0) is 21.5. The van der Waals surface area contributed by atoms with E-state index in [1.54, 1.807) is 12.3 Å². The Morgan fingerprint density at radius 2 is 1.83 bits per heavy atom. The van der Waals surface area contributed by atoms with Crippen molar-refractivity contribution < 1.29 is 14.5 Å². The summed E-state index contributed by atoms with van der Waals surface area (Å²) in [6.45, 7) is 2.09. The summed E-state index contributed by atoms with van der Waals surface area (Å²) in [7, 11) is 0. The Hall–Kier alpha value is -2.85. The first-order valence-corrected chi connectivity index (χ1v) is 10.4. The number of nitro benzene ring substituents is 1. The molecule has 3 rings (SSSR count). The molecule has 1 aliphatic heterocycles. The number of carbonyl (C=O) groups excluding carboxylic acids is 2. The predicted octanol–water partition coefficient (Wildman–Crippen LogP) is 3.43. The number of amides is 2. The second kappa shape index (κ2) is 10.3. The third-order valence-corrected chi connectivity index (χ3v) is 5.42. The van der Waals surface area contributed by atoms with Crippen LogP contribution in [0.3, 0.4) is 0 Å². The van der Waals surface area contributed by atoms with E-state index in [0.717, 1.165) is 30.4 Å². The van der Waals surface area contributed by atoms with Crippen LogP contribution >= 0.6 is 15.9 Å². The number of halogens is 1. The van der Waals surface area contributed by atoms with Gasteiger partial charge in [-0.05, 0) is 66.1 Å². The summed E-state index contributed by atoms with van der Waals surface area (Å²) in [4.78, 5) is 41.0. The first-order chi connectivity index (χ1) is 14.4. The molecule has 0 bridgehead atoms. The number of pyridine rings is 1. The lowest BCUT2D eigenvalue weighted by Gasteiger charge is -2.31. The highest BCUT2D eigenvalue weighted by Gasteiger charge is 2.25. The van der Waals surface area contributed by atoms with Crippen LogP contribution in [0.5, 0.6) is 0 Å². The second-order valence-electron chi connectivity index (χ2n) is 7.07. The van der Waals surface area contributed by atoms with E-state index >= 15 is 0 Å². The van der Waals surface area contributed by atoms with Crippen LogP contribution in [0, 0.1) is 16.0 Å². The number of nitro groups is 1. The predicted molar refractivity (Wildman–Crippen MR) is 116 cm³/mol. The van der Waals surface area contributed by atoms with E-state index < -0.39 is 4.92 Å². The number of benzene rings is 1. The van der Waals surface area contributed by atoms with E-state index in [4.69, 9.17) is 0 Å². The zero-order valence-electron chi connectivity index (χ0n) is 16.2. The van der Waals surface area contributed by atoms with E-state index in [-0.39, 0.29) is 23.4 Å². The fourth-order valence-electron chi connectivity index (χ4n) is 3.25. The van der Waals surface area contributed by atoms with Crippen LogP contribution in [-0.4, -0.2) is 46.3 Å². The molecule has 0 spiro atoms. The molecule has 10 heteroatoms. The topological polar surface area (TPSA) is 117 Å². The van der Waals surface area contributed by atoms with Gasteiger partial charge in [-0.25, -0.2) is 4.98 Å². The van der Waals surface area contributed by atoms with Crippen molar-refractivity contribution in [2.75, 3.05) is 30.3 Å². The van der Waals surface area contributed by atoms with Gasteiger partial charge in [0, 0.05) is 47.4 Å². The molecule has 0 atom stereocenters. The average molecular weight is 476 g/mol. The molecule has 1 fully saturated rings. The Kier molecular flexibility index (Phi) is 7.47. The van der Waals surface area contributed by atoms with Gasteiger partial charge in [0.15, 0.2) is 0 Å². The summed E-state index contributed by atoms with van der Waals surface area (Å²) in [5.74, 6) is 0.291. The molecule has 0 unspecified atom stereocenters. The van der Waals surface area contributed by atoms with Crippen molar-refractivity contribution >= 4 is 44.9 Å². The van der Waals surface area contributed by atoms with Crippen molar-refractivity contribution in [2.24, 2.45) is 5.92 Å². The lowest BCUT2D eigenvalue weighted by atomic mass is 9.96. The normalized spacial score (nSPS) is 14.8. The number of hydrogen-bond acceptors (Lipinski definition) is 6. The molecular weight excluding hydrogens is 454 g/mol. The van der Waals surface area contributed by atoms with Gasteiger partial charge in [-0.2, -0.15) is 0 Å². The lowest BCUT2D eigenvalue weighted by molar-refractivity contribution is -0.384. The molecule has 1 aromatic heterocycles. The maximum absolute atomic E-state index is 12.4. The first-order valence-electron chi connectivity index (χ1n) is 9.60. The van der Waals surface area contributed by atoms with Crippen LogP contribution in [0.4, 0.5) is 17.2 Å². The summed E-state index contributed by atoms with van der Waals surface area (Å²) < 4.78 is 0.853. The molecule has 30 heavy (non-hydrogen) atoms. The highest BCUT2D eigenvalue weighted by molar-refractivity contribution is 9.10. The monoisotopic (exact) mass is 475 g/mol. The first kappa shape index (κ1) is 21.8. The number of piperidine rings is 1. The van der Waals surface area contributed by atoms with Crippen LogP contribution in [0.25, 0.3) is 0 Å². The highest BCUT2D eigenvalue weighted by atomic mass is 79.9. The van der Waals surface area contributed by atoms with Gasteiger partial charge in [-0.1, -0.05) is 0 Å². The van der Waals surface area contributed by atoms with Gasteiger partial charge in [0.05, 0.1) is 4.92 Å². The Balaban J connectivity index is 1.37. The summed E-state index contributed by atoms with van der Waals surface area (Å²) in [6.07, 6.45) is 3.41. The molecule has 2 amide bonds. The lowest BCUT2D eigenvalue weighted by Crippen LogP contribution is -2.39. The Morgan fingerprint density at radius 1 is 1.13 bits per heavy atom. The number of carbonyl (C=O) groups is 2. The fraction of sp³-hybridized carbons (Fsp3) is 0.350. The SMILES string of the molecule is O=C(CCN1CCC(C(=O)Nc2ccc(Br)cn2)CC1)Nc1ccc([N+](=O)[O-])cc1. The summed E-state index contributed by atoms with van der Waals surface area (Å²) in [5, 5.41) is 16.3. The molecule has 1 aromatic carbocycles. The Morgan fingerprint density at radius 3 is 2.43 bits per heavy atom. The molecule has 1 aliphatic rings. The minimum Gasteiger partial charge on any atom is -0.326 e. The van der Waals surface area contributed by atoms with Crippen LogP contribution in [0.1, 0.15) is 19.3 Å². The van der Waals surface area contributed by atoms with Crippen molar-refractivity contribution in [1.29, 1.82) is 0 Å². The summed E-state index contributed by atoms with van der Waals surface area (Å²) in [5.41, 5.74) is 0.512. The Labute approximate surface area is 182 Å². The van der Waals surface area contributed by atoms with Gasteiger partial charge in [-0.3, -0.25) is 19.7 Å². The number of nitrogens with one attached hydrogen (secondary N) is 2. The number of nitrogens with zero attached hydrogens (tertiary/aromatic N) is 3. The van der Waals surface area contributed by atoms with Gasteiger partial charge < -0.3 is 15.5 Å². The van der Waals surface area contributed by atoms with Crippen LogP contribution < -0.4 is 10.6 Å². The van der Waals surface area contributed by atoms with E-state index in [1.165, 1.54) is 24.3 Å². The van der Waals surface area contributed by atoms with Crippen LogP contribution in [-0.2, 0) is 9.59 Å². The van der Waals surface area contributed by atoms with E-state index in [9.17, 15) is 19.7 Å². The van der Waals surface area contributed by atoms with Crippen LogP contribution in [0.2, 0.25) is 0 Å². The number of non-ortho nitro benzene ring substituents is 1. The average Bonchev–Trinajstić information content (AvgIpc) is 2.74. The second-order valence-corrected chi connectivity index (χ2v) is 7.98. The van der Waals surface area contributed by atoms with Crippen molar-refractivity contribution in [3.8, 4) is 0 Å². The number of anilines is 2. The van der Waals surface area contributed by atoms with Gasteiger partial charge >= 0.3 is 0 Å². The van der Waals surface area contributed by atoms with Gasteiger partial charge in [0.2, 0.25) is 11.8 Å². The number of aromatic nitrogens is 1.